The summed E-state index contributed by atoms with van der Waals surface area (Å²) < 4.78 is 5.87. The molecule has 1 aromatic rings. The van der Waals surface area contributed by atoms with E-state index in [9.17, 15) is 4.79 Å². The minimum absolute atomic E-state index is 0.228. The fourth-order valence-corrected chi connectivity index (χ4v) is 3.58. The predicted octanol–water partition coefficient (Wildman–Crippen LogP) is 2.68. The molecule has 0 aromatic carbocycles. The number of thiophene rings is 1. The third kappa shape index (κ3) is 5.56. The van der Waals surface area contributed by atoms with Gasteiger partial charge in [-0.25, -0.2) is 4.79 Å². The first kappa shape index (κ1) is 18.9. The van der Waals surface area contributed by atoms with Crippen LogP contribution in [-0.4, -0.2) is 67.7 Å². The van der Waals surface area contributed by atoms with Crippen LogP contribution in [0.1, 0.15) is 18.7 Å². The van der Waals surface area contributed by atoms with Crippen LogP contribution >= 0.6 is 22.9 Å². The highest BCUT2D eigenvalue weighted by Crippen LogP contribution is 2.21. The van der Waals surface area contributed by atoms with E-state index in [0.717, 1.165) is 42.9 Å². The lowest BCUT2D eigenvalue weighted by atomic mass is 10.3. The molecule has 6 nitrogen and oxygen atoms in total. The summed E-state index contributed by atoms with van der Waals surface area (Å²) in [7, 11) is 0. The predicted molar refractivity (Wildman–Crippen MR) is 99.2 cm³/mol. The average molecular weight is 373 g/mol. The maximum atomic E-state index is 11.8. The van der Waals surface area contributed by atoms with Crippen LogP contribution in [0.3, 0.4) is 0 Å². The summed E-state index contributed by atoms with van der Waals surface area (Å²) in [5.41, 5.74) is 0. The van der Waals surface area contributed by atoms with E-state index >= 15 is 0 Å². The van der Waals surface area contributed by atoms with Gasteiger partial charge in [-0.2, -0.15) is 0 Å². The van der Waals surface area contributed by atoms with Crippen LogP contribution < -0.4 is 5.32 Å². The fourth-order valence-electron chi connectivity index (χ4n) is 2.50. The molecule has 1 aliphatic rings. The van der Waals surface area contributed by atoms with E-state index in [-0.39, 0.29) is 6.09 Å². The van der Waals surface area contributed by atoms with Gasteiger partial charge >= 0.3 is 6.09 Å². The van der Waals surface area contributed by atoms with Crippen LogP contribution in [0, 0.1) is 0 Å². The molecule has 1 fully saturated rings. The molecule has 0 bridgehead atoms. The molecule has 0 aliphatic carbocycles. The molecular weight excluding hydrogens is 348 g/mol. The summed E-state index contributed by atoms with van der Waals surface area (Å²) in [4.78, 5) is 21.7. The van der Waals surface area contributed by atoms with Crippen molar-refractivity contribution in [2.24, 2.45) is 4.99 Å². The number of ether oxygens (including phenoxy) is 1. The molecule has 1 amide bonds. The van der Waals surface area contributed by atoms with E-state index in [2.05, 4.69) is 17.1 Å². The van der Waals surface area contributed by atoms with Crippen molar-refractivity contribution >= 4 is 35.0 Å². The van der Waals surface area contributed by atoms with Gasteiger partial charge in [-0.3, -0.25) is 4.99 Å². The summed E-state index contributed by atoms with van der Waals surface area (Å²) in [6, 6.07) is 3.97. The van der Waals surface area contributed by atoms with Crippen LogP contribution in [-0.2, 0) is 11.2 Å². The molecule has 0 unspecified atom stereocenters. The topological polar surface area (TPSA) is 57.2 Å². The third-order valence-electron chi connectivity index (χ3n) is 3.69. The highest BCUT2D eigenvalue weighted by atomic mass is 35.5. The maximum Gasteiger partial charge on any atom is 0.409 e. The molecule has 1 N–H and O–H groups in total. The lowest BCUT2D eigenvalue weighted by molar-refractivity contribution is 0.0914. The minimum Gasteiger partial charge on any atom is -0.450 e. The summed E-state index contributed by atoms with van der Waals surface area (Å²) >= 11 is 7.56. The molecule has 1 saturated heterocycles. The molecule has 134 valence electrons. The monoisotopic (exact) mass is 372 g/mol. The van der Waals surface area contributed by atoms with Crippen LogP contribution in [0.25, 0.3) is 0 Å². The Labute approximate surface area is 152 Å². The fraction of sp³-hybridized carbons (Fsp3) is 0.625. The van der Waals surface area contributed by atoms with Gasteiger partial charge in [0, 0.05) is 50.6 Å². The second kappa shape index (κ2) is 9.74. The van der Waals surface area contributed by atoms with Gasteiger partial charge < -0.3 is 19.9 Å². The zero-order valence-electron chi connectivity index (χ0n) is 14.3. The van der Waals surface area contributed by atoms with Crippen LogP contribution in [0.4, 0.5) is 4.79 Å². The Morgan fingerprint density at radius 3 is 2.58 bits per heavy atom. The van der Waals surface area contributed by atoms with E-state index in [0.29, 0.717) is 19.7 Å². The van der Waals surface area contributed by atoms with Gasteiger partial charge in [0.2, 0.25) is 0 Å². The van der Waals surface area contributed by atoms with Gasteiger partial charge in [-0.05, 0) is 26.0 Å². The Kier molecular flexibility index (Phi) is 7.65. The van der Waals surface area contributed by atoms with E-state index in [1.807, 2.05) is 19.1 Å². The van der Waals surface area contributed by atoms with Crippen molar-refractivity contribution in [3.63, 3.8) is 0 Å². The third-order valence-corrected chi connectivity index (χ3v) is 4.98. The average Bonchev–Trinajstić information content (AvgIpc) is 3.00. The standard InChI is InChI=1S/C16H25ClN4O2S/c1-3-18-15(19-8-7-13-5-6-14(17)24-13)20-9-11-21(12-10-20)16(22)23-4-2/h5-6H,3-4,7-12H2,1-2H3,(H,18,19). The van der Waals surface area contributed by atoms with Gasteiger partial charge in [-0.15, -0.1) is 11.3 Å². The minimum atomic E-state index is -0.228. The highest BCUT2D eigenvalue weighted by Gasteiger charge is 2.23. The molecule has 8 heteroatoms. The summed E-state index contributed by atoms with van der Waals surface area (Å²) in [5, 5.41) is 3.33. The SMILES string of the molecule is CCNC(=NCCc1ccc(Cl)s1)N1CCN(C(=O)OCC)CC1. The summed E-state index contributed by atoms with van der Waals surface area (Å²) in [6.45, 7) is 8.67. The number of rotatable bonds is 5. The Hall–Kier alpha value is -1.47. The number of nitrogens with one attached hydrogen (secondary N) is 1. The maximum absolute atomic E-state index is 11.8. The first-order valence-electron chi connectivity index (χ1n) is 8.33. The molecule has 0 spiro atoms. The van der Waals surface area contributed by atoms with Crippen molar-refractivity contribution in [1.29, 1.82) is 0 Å². The Morgan fingerprint density at radius 1 is 1.29 bits per heavy atom. The van der Waals surface area contributed by atoms with E-state index in [1.165, 1.54) is 4.88 Å². The lowest BCUT2D eigenvalue weighted by Gasteiger charge is -2.35. The van der Waals surface area contributed by atoms with Crippen molar-refractivity contribution in [2.75, 3.05) is 45.9 Å². The molecule has 24 heavy (non-hydrogen) atoms. The van der Waals surface area contributed by atoms with E-state index < -0.39 is 0 Å². The second-order valence-electron chi connectivity index (χ2n) is 5.36. The van der Waals surface area contributed by atoms with Gasteiger partial charge in [-0.1, -0.05) is 11.6 Å². The zero-order valence-corrected chi connectivity index (χ0v) is 15.8. The lowest BCUT2D eigenvalue weighted by Crippen LogP contribution is -2.54. The summed E-state index contributed by atoms with van der Waals surface area (Å²) in [6.07, 6.45) is 0.656. The van der Waals surface area contributed by atoms with Crippen LogP contribution in [0.5, 0.6) is 0 Å². The molecule has 0 atom stereocenters. The molecule has 1 aromatic heterocycles. The number of carbonyl (C=O) groups excluding carboxylic acids is 1. The van der Waals surface area contributed by atoms with Crippen LogP contribution in [0.15, 0.2) is 17.1 Å². The number of nitrogens with zero attached hydrogens (tertiary/aromatic N) is 3. The van der Waals surface area contributed by atoms with Gasteiger partial charge in [0.15, 0.2) is 5.96 Å². The van der Waals surface area contributed by atoms with Gasteiger partial charge in [0.1, 0.15) is 0 Å². The number of guanidine groups is 1. The number of hydrogen-bond acceptors (Lipinski definition) is 4. The zero-order chi connectivity index (χ0) is 17.4. The van der Waals surface area contributed by atoms with Crippen LogP contribution in [0.2, 0.25) is 4.34 Å². The number of piperazine rings is 1. The Morgan fingerprint density at radius 2 is 2.00 bits per heavy atom. The largest absolute Gasteiger partial charge is 0.450 e. The van der Waals surface area contributed by atoms with Crippen molar-refractivity contribution in [2.45, 2.75) is 20.3 Å². The molecular formula is C16H25ClN4O2S. The van der Waals surface area contributed by atoms with E-state index in [1.54, 1.807) is 16.2 Å². The molecule has 0 radical (unpaired) electrons. The quantitative estimate of drug-likeness (QED) is 0.637. The van der Waals surface area contributed by atoms with E-state index in [4.69, 9.17) is 21.3 Å². The van der Waals surface area contributed by atoms with Gasteiger partial charge in [0.05, 0.1) is 10.9 Å². The number of carbonyl (C=O) groups is 1. The second-order valence-corrected chi connectivity index (χ2v) is 7.16. The number of halogens is 1. The Balaban J connectivity index is 1.86. The Bertz CT molecular complexity index is 556. The number of hydrogen-bond donors (Lipinski definition) is 1. The molecule has 1 aliphatic heterocycles. The van der Waals surface area contributed by atoms with Crippen molar-refractivity contribution < 1.29 is 9.53 Å². The van der Waals surface area contributed by atoms with Crippen molar-refractivity contribution in [3.05, 3.63) is 21.3 Å². The normalized spacial score (nSPS) is 15.5. The summed E-state index contributed by atoms with van der Waals surface area (Å²) in [5.74, 6) is 0.906. The number of amides is 1. The molecule has 2 heterocycles. The smallest absolute Gasteiger partial charge is 0.409 e. The van der Waals surface area contributed by atoms with Crippen molar-refractivity contribution in [1.82, 2.24) is 15.1 Å². The van der Waals surface area contributed by atoms with Crippen molar-refractivity contribution in [3.8, 4) is 0 Å². The molecule has 0 saturated carbocycles. The molecule has 2 rings (SSSR count). The first-order valence-corrected chi connectivity index (χ1v) is 9.52. The van der Waals surface area contributed by atoms with Gasteiger partial charge in [0.25, 0.3) is 0 Å². The first-order chi connectivity index (χ1) is 11.6. The highest BCUT2D eigenvalue weighted by molar-refractivity contribution is 7.16. The number of aliphatic imine (C=N–C) groups is 1.